The van der Waals surface area contributed by atoms with Crippen LogP contribution in [0.4, 0.5) is 0 Å². The molecule has 1 amide bonds. The zero-order valence-electron chi connectivity index (χ0n) is 14.3. The maximum atomic E-state index is 12.7. The number of carbonyl (C=O) groups excluding carboxylic acids is 1. The van der Waals surface area contributed by atoms with Crippen LogP contribution < -0.4 is 14.2 Å². The van der Waals surface area contributed by atoms with Crippen molar-refractivity contribution < 1.29 is 19.0 Å². The molecule has 1 aromatic carbocycles. The fraction of sp³-hybridized carbons (Fsp3) is 0.389. The second-order valence-electron chi connectivity index (χ2n) is 5.76. The van der Waals surface area contributed by atoms with E-state index in [4.69, 9.17) is 14.2 Å². The van der Waals surface area contributed by atoms with E-state index in [0.717, 1.165) is 12.8 Å². The zero-order chi connectivity index (χ0) is 17.6. The molecule has 0 radical (unpaired) electrons. The largest absolute Gasteiger partial charge is 0.497 e. The van der Waals surface area contributed by atoms with Gasteiger partial charge in [-0.1, -0.05) is 6.07 Å². The van der Waals surface area contributed by atoms with Crippen molar-refractivity contribution in [2.24, 2.45) is 0 Å². The summed E-state index contributed by atoms with van der Waals surface area (Å²) in [4.78, 5) is 22.8. The Morgan fingerprint density at radius 3 is 2.84 bits per heavy atom. The third kappa shape index (κ3) is 4.17. The summed E-state index contributed by atoms with van der Waals surface area (Å²) in [6, 6.07) is 7.18. The average Bonchev–Trinajstić information content (AvgIpc) is 2.68. The molecule has 1 aromatic heterocycles. The molecular formula is C18H21N3O4. The van der Waals surface area contributed by atoms with E-state index >= 15 is 0 Å². The van der Waals surface area contributed by atoms with Crippen molar-refractivity contribution in [3.63, 3.8) is 0 Å². The highest BCUT2D eigenvalue weighted by molar-refractivity contribution is 5.94. The van der Waals surface area contributed by atoms with Gasteiger partial charge < -0.3 is 19.1 Å². The number of likely N-dealkylation sites (tertiary alicyclic amines) is 1. The van der Waals surface area contributed by atoms with E-state index in [1.54, 1.807) is 30.3 Å². The van der Waals surface area contributed by atoms with Gasteiger partial charge in [0, 0.05) is 12.1 Å². The van der Waals surface area contributed by atoms with E-state index in [-0.39, 0.29) is 12.0 Å². The molecule has 1 aliphatic heterocycles. The van der Waals surface area contributed by atoms with Crippen molar-refractivity contribution in [1.82, 2.24) is 14.9 Å². The Hall–Kier alpha value is -2.83. The molecule has 2 heterocycles. The minimum absolute atomic E-state index is 0.0241. The van der Waals surface area contributed by atoms with Gasteiger partial charge in [0.1, 0.15) is 11.9 Å². The van der Waals surface area contributed by atoms with Gasteiger partial charge in [-0.3, -0.25) is 9.78 Å². The van der Waals surface area contributed by atoms with Gasteiger partial charge in [-0.25, -0.2) is 0 Å². The number of hydrogen-bond acceptors (Lipinski definition) is 6. The molecule has 1 aliphatic rings. The van der Waals surface area contributed by atoms with Gasteiger partial charge in [-0.05, 0) is 31.0 Å². The number of hydrogen-bond donors (Lipinski definition) is 0. The van der Waals surface area contributed by atoms with E-state index in [1.807, 2.05) is 12.1 Å². The first-order chi connectivity index (χ1) is 12.2. The first kappa shape index (κ1) is 17.0. The number of ether oxygens (including phenoxy) is 3. The number of methoxy groups -OCH3 is 2. The van der Waals surface area contributed by atoms with Crippen molar-refractivity contribution in [2.45, 2.75) is 18.9 Å². The Labute approximate surface area is 146 Å². The molecule has 1 atom stereocenters. The minimum atomic E-state index is -0.121. The van der Waals surface area contributed by atoms with Crippen LogP contribution >= 0.6 is 0 Å². The van der Waals surface area contributed by atoms with Crippen LogP contribution in [0.2, 0.25) is 0 Å². The van der Waals surface area contributed by atoms with Crippen LogP contribution in [0.15, 0.2) is 36.7 Å². The Bertz CT molecular complexity index is 738. The zero-order valence-corrected chi connectivity index (χ0v) is 14.3. The lowest BCUT2D eigenvalue weighted by Gasteiger charge is -2.32. The van der Waals surface area contributed by atoms with Gasteiger partial charge in [0.15, 0.2) is 0 Å². The van der Waals surface area contributed by atoms with E-state index in [0.29, 0.717) is 36.2 Å². The third-order valence-electron chi connectivity index (χ3n) is 4.07. The number of benzene rings is 1. The van der Waals surface area contributed by atoms with Crippen molar-refractivity contribution in [3.05, 3.63) is 42.2 Å². The van der Waals surface area contributed by atoms with Gasteiger partial charge in [-0.15, -0.1) is 0 Å². The van der Waals surface area contributed by atoms with E-state index < -0.39 is 0 Å². The second kappa shape index (κ2) is 7.83. The fourth-order valence-corrected chi connectivity index (χ4v) is 2.81. The first-order valence-electron chi connectivity index (χ1n) is 8.15. The summed E-state index contributed by atoms with van der Waals surface area (Å²) >= 11 is 0. The summed E-state index contributed by atoms with van der Waals surface area (Å²) in [6.07, 6.45) is 4.68. The van der Waals surface area contributed by atoms with Crippen LogP contribution in [0.3, 0.4) is 0 Å². The molecule has 2 aromatic rings. The normalized spacial score (nSPS) is 17.0. The number of piperidine rings is 1. The number of amides is 1. The Balaban J connectivity index is 1.66. The standard InChI is InChI=1S/C18H21N3O4/c1-23-14-6-3-5-13(9-14)18(22)21-8-4-7-15(12-21)25-17-11-19-10-16(20-17)24-2/h3,5-6,9-11,15H,4,7-8,12H2,1-2H3. The maximum Gasteiger partial charge on any atom is 0.254 e. The molecule has 0 spiro atoms. The van der Waals surface area contributed by atoms with Crippen LogP contribution in [0.25, 0.3) is 0 Å². The van der Waals surface area contributed by atoms with E-state index in [2.05, 4.69) is 9.97 Å². The topological polar surface area (TPSA) is 73.8 Å². The van der Waals surface area contributed by atoms with Crippen LogP contribution in [0.1, 0.15) is 23.2 Å². The Morgan fingerprint density at radius 2 is 2.04 bits per heavy atom. The van der Waals surface area contributed by atoms with E-state index in [9.17, 15) is 4.79 Å². The highest BCUT2D eigenvalue weighted by Crippen LogP contribution is 2.21. The predicted molar refractivity (Wildman–Crippen MR) is 91.1 cm³/mol. The highest BCUT2D eigenvalue weighted by Gasteiger charge is 2.26. The quantitative estimate of drug-likeness (QED) is 0.828. The smallest absolute Gasteiger partial charge is 0.254 e. The highest BCUT2D eigenvalue weighted by atomic mass is 16.5. The summed E-state index contributed by atoms with van der Waals surface area (Å²) in [5.74, 6) is 1.45. The summed E-state index contributed by atoms with van der Waals surface area (Å²) in [5, 5.41) is 0. The van der Waals surface area contributed by atoms with E-state index in [1.165, 1.54) is 13.3 Å². The minimum Gasteiger partial charge on any atom is -0.497 e. The number of carbonyl (C=O) groups is 1. The molecule has 1 unspecified atom stereocenters. The molecule has 7 nitrogen and oxygen atoms in total. The van der Waals surface area contributed by atoms with Crippen molar-refractivity contribution in [3.8, 4) is 17.5 Å². The predicted octanol–water partition coefficient (Wildman–Crippen LogP) is 2.18. The van der Waals surface area contributed by atoms with Crippen molar-refractivity contribution >= 4 is 5.91 Å². The van der Waals surface area contributed by atoms with Gasteiger partial charge in [-0.2, -0.15) is 4.98 Å². The lowest BCUT2D eigenvalue weighted by Crippen LogP contribution is -2.44. The fourth-order valence-electron chi connectivity index (χ4n) is 2.81. The lowest BCUT2D eigenvalue weighted by atomic mass is 10.1. The molecule has 3 rings (SSSR count). The summed E-state index contributed by atoms with van der Waals surface area (Å²) < 4.78 is 16.1. The molecule has 0 aliphatic carbocycles. The van der Waals surface area contributed by atoms with Gasteiger partial charge >= 0.3 is 0 Å². The molecule has 1 fully saturated rings. The SMILES string of the molecule is COc1cccc(C(=O)N2CCCC(Oc3cncc(OC)n3)C2)c1. The maximum absolute atomic E-state index is 12.7. The summed E-state index contributed by atoms with van der Waals surface area (Å²) in [5.41, 5.74) is 0.612. The molecule has 1 saturated heterocycles. The van der Waals surface area contributed by atoms with Crippen LogP contribution in [-0.4, -0.2) is 54.2 Å². The summed E-state index contributed by atoms with van der Waals surface area (Å²) in [7, 11) is 3.12. The van der Waals surface area contributed by atoms with Crippen molar-refractivity contribution in [2.75, 3.05) is 27.3 Å². The van der Waals surface area contributed by atoms with Gasteiger partial charge in [0.05, 0.1) is 33.2 Å². The molecule has 0 bridgehead atoms. The van der Waals surface area contributed by atoms with Crippen molar-refractivity contribution in [1.29, 1.82) is 0 Å². The monoisotopic (exact) mass is 343 g/mol. The molecular weight excluding hydrogens is 322 g/mol. The van der Waals surface area contributed by atoms with Crippen LogP contribution in [0, 0.1) is 0 Å². The summed E-state index contributed by atoms with van der Waals surface area (Å²) in [6.45, 7) is 1.22. The van der Waals surface area contributed by atoms with Crippen LogP contribution in [-0.2, 0) is 0 Å². The number of aromatic nitrogens is 2. The first-order valence-corrected chi connectivity index (χ1v) is 8.15. The molecule has 0 saturated carbocycles. The van der Waals surface area contributed by atoms with Gasteiger partial charge in [0.2, 0.25) is 11.8 Å². The lowest BCUT2D eigenvalue weighted by molar-refractivity contribution is 0.0525. The third-order valence-corrected chi connectivity index (χ3v) is 4.07. The average molecular weight is 343 g/mol. The molecule has 7 heteroatoms. The molecule has 132 valence electrons. The second-order valence-corrected chi connectivity index (χ2v) is 5.76. The molecule has 0 N–H and O–H groups in total. The van der Waals surface area contributed by atoms with Gasteiger partial charge in [0.25, 0.3) is 5.91 Å². The number of rotatable bonds is 5. The Kier molecular flexibility index (Phi) is 5.33. The Morgan fingerprint density at radius 1 is 1.20 bits per heavy atom. The number of nitrogens with zero attached hydrogens (tertiary/aromatic N) is 3. The van der Waals surface area contributed by atoms with Crippen LogP contribution in [0.5, 0.6) is 17.5 Å². The molecule has 25 heavy (non-hydrogen) atoms.